The van der Waals surface area contributed by atoms with Crippen LogP contribution < -0.4 is 5.32 Å². The predicted octanol–water partition coefficient (Wildman–Crippen LogP) is 4.67. The first-order chi connectivity index (χ1) is 11.3. The molecule has 23 heavy (non-hydrogen) atoms. The van der Waals surface area contributed by atoms with Crippen LogP contribution in [0.5, 0.6) is 0 Å². The van der Waals surface area contributed by atoms with Gasteiger partial charge in [0, 0.05) is 11.4 Å². The number of nitrogens with zero attached hydrogens (tertiary/aromatic N) is 2. The van der Waals surface area contributed by atoms with Crippen molar-refractivity contribution < 1.29 is 0 Å². The van der Waals surface area contributed by atoms with Crippen LogP contribution in [-0.4, -0.2) is 0 Å². The normalized spacial score (nSPS) is 10.6. The van der Waals surface area contributed by atoms with Crippen LogP contribution in [0.4, 0.5) is 5.69 Å². The molecule has 0 aliphatic rings. The highest BCUT2D eigenvalue weighted by Crippen LogP contribution is 2.12. The van der Waals surface area contributed by atoms with Crippen molar-refractivity contribution in [3.05, 3.63) is 95.7 Å². The van der Waals surface area contributed by atoms with Gasteiger partial charge in [0.2, 0.25) is 0 Å². The quantitative estimate of drug-likeness (QED) is 0.644. The smallest absolute Gasteiger partial charge is 0.129 e. The number of rotatable bonds is 5. The molecule has 0 unspecified atom stereocenters. The summed E-state index contributed by atoms with van der Waals surface area (Å²) in [6, 6.07) is 23.3. The number of hydrogen-bond acceptors (Lipinski definition) is 3. The van der Waals surface area contributed by atoms with Crippen molar-refractivity contribution in [2.24, 2.45) is 0 Å². The van der Waals surface area contributed by atoms with Gasteiger partial charge in [-0.25, -0.2) is 0 Å². The molecule has 0 fully saturated rings. The Labute approximate surface area is 136 Å². The van der Waals surface area contributed by atoms with Gasteiger partial charge in [-0.2, -0.15) is 10.5 Å². The van der Waals surface area contributed by atoms with Crippen LogP contribution in [0.15, 0.2) is 90.2 Å². The molecule has 1 N–H and O–H groups in total. The summed E-state index contributed by atoms with van der Waals surface area (Å²) in [6.45, 7) is 0. The molecule has 0 saturated carbocycles. The van der Waals surface area contributed by atoms with E-state index in [0.717, 1.165) is 16.9 Å². The van der Waals surface area contributed by atoms with Crippen LogP contribution in [-0.2, 0) is 0 Å². The minimum absolute atomic E-state index is 0.0606. The molecule has 0 radical (unpaired) electrons. The topological polar surface area (TPSA) is 59.6 Å². The molecule has 0 aromatic heterocycles. The zero-order chi connectivity index (χ0) is 16.3. The third kappa shape index (κ3) is 5.38. The van der Waals surface area contributed by atoms with E-state index in [1.54, 1.807) is 6.08 Å². The average molecular weight is 297 g/mol. The maximum atomic E-state index is 8.83. The molecule has 3 nitrogen and oxygen atoms in total. The van der Waals surface area contributed by atoms with E-state index in [0.29, 0.717) is 0 Å². The highest BCUT2D eigenvalue weighted by molar-refractivity contribution is 5.59. The fourth-order valence-corrected chi connectivity index (χ4v) is 1.85. The Kier molecular flexibility index (Phi) is 5.96. The van der Waals surface area contributed by atoms with E-state index < -0.39 is 0 Å². The van der Waals surface area contributed by atoms with E-state index in [1.807, 2.05) is 85.0 Å². The highest BCUT2D eigenvalue weighted by atomic mass is 14.9. The zero-order valence-corrected chi connectivity index (χ0v) is 12.5. The molecule has 110 valence electrons. The number of para-hydroxylation sites is 1. The van der Waals surface area contributed by atoms with E-state index >= 15 is 0 Å². The maximum Gasteiger partial charge on any atom is 0.129 e. The summed E-state index contributed by atoms with van der Waals surface area (Å²) in [6.07, 6.45) is 7.09. The monoisotopic (exact) mass is 297 g/mol. The first-order valence-electron chi connectivity index (χ1n) is 7.09. The Bertz CT molecular complexity index is 785. The molecule has 2 aromatic carbocycles. The second-order valence-electron chi connectivity index (χ2n) is 4.66. The summed E-state index contributed by atoms with van der Waals surface area (Å²) < 4.78 is 0. The second-order valence-corrected chi connectivity index (χ2v) is 4.66. The molecule has 0 aliphatic heterocycles. The van der Waals surface area contributed by atoms with E-state index in [2.05, 4.69) is 5.32 Å². The maximum absolute atomic E-state index is 8.83. The number of anilines is 1. The van der Waals surface area contributed by atoms with E-state index in [-0.39, 0.29) is 5.57 Å². The first-order valence-corrected chi connectivity index (χ1v) is 7.09. The van der Waals surface area contributed by atoms with Crippen molar-refractivity contribution in [3.63, 3.8) is 0 Å². The molecule has 0 amide bonds. The van der Waals surface area contributed by atoms with Crippen molar-refractivity contribution in [3.8, 4) is 12.1 Å². The van der Waals surface area contributed by atoms with Gasteiger partial charge < -0.3 is 5.32 Å². The molecule has 0 saturated heterocycles. The van der Waals surface area contributed by atoms with Crippen molar-refractivity contribution >= 4 is 11.8 Å². The molecule has 3 heteroatoms. The standard InChI is InChI=1S/C20H15N3/c21-15-18(16-22)12-14-20(23-19-9-5-2-6-10-19)13-11-17-7-3-1-4-8-17/h1-14,23H. The van der Waals surface area contributed by atoms with Gasteiger partial charge in [-0.3, -0.25) is 0 Å². The van der Waals surface area contributed by atoms with Crippen molar-refractivity contribution in [2.45, 2.75) is 0 Å². The Balaban J connectivity index is 2.26. The molecule has 0 heterocycles. The molecule has 0 spiro atoms. The molecule has 0 atom stereocenters. The average Bonchev–Trinajstić information content (AvgIpc) is 2.62. The van der Waals surface area contributed by atoms with E-state index in [9.17, 15) is 0 Å². The lowest BCUT2D eigenvalue weighted by atomic mass is 10.2. The Hall–Kier alpha value is -3.56. The van der Waals surface area contributed by atoms with Gasteiger partial charge in [0.1, 0.15) is 17.7 Å². The molecule has 2 rings (SSSR count). The van der Waals surface area contributed by atoms with Crippen molar-refractivity contribution in [2.75, 3.05) is 5.32 Å². The van der Waals surface area contributed by atoms with Gasteiger partial charge in [0.25, 0.3) is 0 Å². The molecule has 0 aliphatic carbocycles. The molecule has 2 aromatic rings. The van der Waals surface area contributed by atoms with Gasteiger partial charge in [-0.1, -0.05) is 54.6 Å². The first kappa shape index (κ1) is 15.8. The Morgan fingerprint density at radius 3 is 2.04 bits per heavy atom. The van der Waals surface area contributed by atoms with Crippen molar-refractivity contribution in [1.82, 2.24) is 0 Å². The van der Waals surface area contributed by atoms with Crippen LogP contribution in [0.1, 0.15) is 5.56 Å². The van der Waals surface area contributed by atoms with E-state index in [4.69, 9.17) is 10.5 Å². The highest BCUT2D eigenvalue weighted by Gasteiger charge is 1.95. The molecule has 0 bridgehead atoms. The number of nitrogens with one attached hydrogen (secondary N) is 1. The lowest BCUT2D eigenvalue weighted by Crippen LogP contribution is -1.96. The van der Waals surface area contributed by atoms with Crippen LogP contribution in [0.25, 0.3) is 6.08 Å². The van der Waals surface area contributed by atoms with Crippen LogP contribution in [0, 0.1) is 22.7 Å². The summed E-state index contributed by atoms with van der Waals surface area (Å²) >= 11 is 0. The number of allylic oxidation sites excluding steroid dienone is 4. The van der Waals surface area contributed by atoms with Crippen LogP contribution in [0.3, 0.4) is 0 Å². The van der Waals surface area contributed by atoms with Gasteiger partial charge in [0.15, 0.2) is 0 Å². The summed E-state index contributed by atoms with van der Waals surface area (Å²) in [5.41, 5.74) is 2.84. The largest absolute Gasteiger partial charge is 0.356 e. The van der Waals surface area contributed by atoms with Crippen LogP contribution >= 0.6 is 0 Å². The van der Waals surface area contributed by atoms with Gasteiger partial charge in [-0.15, -0.1) is 0 Å². The summed E-state index contributed by atoms with van der Waals surface area (Å²) in [7, 11) is 0. The van der Waals surface area contributed by atoms with Gasteiger partial charge in [0.05, 0.1) is 0 Å². The lowest BCUT2D eigenvalue weighted by molar-refractivity contribution is 1.45. The van der Waals surface area contributed by atoms with Gasteiger partial charge in [-0.05, 0) is 35.9 Å². The summed E-state index contributed by atoms with van der Waals surface area (Å²) in [5, 5.41) is 20.9. The third-order valence-corrected chi connectivity index (χ3v) is 2.99. The van der Waals surface area contributed by atoms with Crippen molar-refractivity contribution in [1.29, 1.82) is 10.5 Å². The number of benzene rings is 2. The fourth-order valence-electron chi connectivity index (χ4n) is 1.85. The third-order valence-electron chi connectivity index (χ3n) is 2.99. The Morgan fingerprint density at radius 1 is 0.826 bits per heavy atom. The Morgan fingerprint density at radius 2 is 1.43 bits per heavy atom. The second kappa shape index (κ2) is 8.67. The summed E-state index contributed by atoms with van der Waals surface area (Å²) in [4.78, 5) is 0. The minimum atomic E-state index is 0.0606. The zero-order valence-electron chi connectivity index (χ0n) is 12.5. The molecular formula is C20H15N3. The number of nitriles is 2. The predicted molar refractivity (Wildman–Crippen MR) is 92.9 cm³/mol. The van der Waals surface area contributed by atoms with Gasteiger partial charge >= 0.3 is 0 Å². The number of hydrogen-bond donors (Lipinski definition) is 1. The van der Waals surface area contributed by atoms with Crippen LogP contribution in [0.2, 0.25) is 0 Å². The SMILES string of the molecule is N#CC(C#N)=CC=C(C=Cc1ccccc1)Nc1ccccc1. The fraction of sp³-hybridized carbons (Fsp3) is 0. The molecular weight excluding hydrogens is 282 g/mol. The lowest BCUT2D eigenvalue weighted by Gasteiger charge is -2.06. The van der Waals surface area contributed by atoms with E-state index in [1.165, 1.54) is 6.08 Å². The summed E-state index contributed by atoms with van der Waals surface area (Å²) in [5.74, 6) is 0. The minimum Gasteiger partial charge on any atom is -0.356 e.